The maximum atomic E-state index is 12.8. The highest BCUT2D eigenvalue weighted by molar-refractivity contribution is 6.04. The standard InChI is InChI=1S/C31H28F3N7O/c1-39-13-15-40(16-14-39)25-4-2-3-22(17-25)27-19-37-41-28(35)26(18-36-29(27)41)20-7-11-24(12-8-20)38-30(42)21-5-9-23(10-6-21)31(32,33)34/h2-12,17-19H,13-16,35H2,1H3,(H,38,42). The summed E-state index contributed by atoms with van der Waals surface area (Å²) >= 11 is 0. The van der Waals surface area contributed by atoms with Crippen molar-refractivity contribution in [1.82, 2.24) is 19.5 Å². The molecule has 0 spiro atoms. The Labute approximate surface area is 240 Å². The number of anilines is 3. The van der Waals surface area contributed by atoms with Gasteiger partial charge in [0, 0.05) is 60.4 Å². The van der Waals surface area contributed by atoms with E-state index in [4.69, 9.17) is 10.7 Å². The van der Waals surface area contributed by atoms with Crippen molar-refractivity contribution in [1.29, 1.82) is 0 Å². The number of halogens is 3. The summed E-state index contributed by atoms with van der Waals surface area (Å²) in [6.45, 7) is 3.99. The maximum absolute atomic E-state index is 12.8. The molecule has 1 aliphatic rings. The second kappa shape index (κ2) is 10.8. The van der Waals surface area contributed by atoms with Crippen LogP contribution in [0, 0.1) is 0 Å². The average Bonchev–Trinajstić information content (AvgIpc) is 3.43. The molecular formula is C31H28F3N7O. The summed E-state index contributed by atoms with van der Waals surface area (Å²) in [4.78, 5) is 21.9. The van der Waals surface area contributed by atoms with Gasteiger partial charge < -0.3 is 20.9 Å². The van der Waals surface area contributed by atoms with Crippen LogP contribution in [0.3, 0.4) is 0 Å². The molecule has 214 valence electrons. The quantitative estimate of drug-likeness (QED) is 0.283. The van der Waals surface area contributed by atoms with Crippen molar-refractivity contribution in [2.24, 2.45) is 0 Å². The average molecular weight is 572 g/mol. The number of carbonyl (C=O) groups is 1. The minimum atomic E-state index is -4.46. The van der Waals surface area contributed by atoms with Gasteiger partial charge in [0.1, 0.15) is 5.82 Å². The number of hydrogen-bond acceptors (Lipinski definition) is 6. The molecule has 2 aromatic heterocycles. The van der Waals surface area contributed by atoms with Crippen LogP contribution in [0.1, 0.15) is 15.9 Å². The molecule has 0 radical (unpaired) electrons. The van der Waals surface area contributed by atoms with Gasteiger partial charge in [-0.1, -0.05) is 24.3 Å². The molecule has 0 saturated carbocycles. The number of carbonyl (C=O) groups excluding carboxylic acids is 1. The first kappa shape index (κ1) is 27.3. The summed E-state index contributed by atoms with van der Waals surface area (Å²) in [6.07, 6.45) is -0.987. The molecule has 8 nitrogen and oxygen atoms in total. The predicted molar refractivity (Wildman–Crippen MR) is 157 cm³/mol. The van der Waals surface area contributed by atoms with Gasteiger partial charge in [-0.25, -0.2) is 4.98 Å². The number of rotatable bonds is 5. The van der Waals surface area contributed by atoms with Gasteiger partial charge in [0.2, 0.25) is 0 Å². The van der Waals surface area contributed by atoms with Crippen molar-refractivity contribution in [2.75, 3.05) is 49.2 Å². The van der Waals surface area contributed by atoms with Crippen molar-refractivity contribution in [3.63, 3.8) is 0 Å². The third kappa shape index (κ3) is 5.38. The van der Waals surface area contributed by atoms with Crippen LogP contribution >= 0.6 is 0 Å². The number of alkyl halides is 3. The van der Waals surface area contributed by atoms with Crippen molar-refractivity contribution >= 4 is 28.7 Å². The van der Waals surface area contributed by atoms with Crippen molar-refractivity contribution in [2.45, 2.75) is 6.18 Å². The third-order valence-corrected chi connectivity index (χ3v) is 7.52. The normalized spacial score (nSPS) is 14.3. The highest BCUT2D eigenvalue weighted by Gasteiger charge is 2.30. The summed E-state index contributed by atoms with van der Waals surface area (Å²) in [7, 11) is 2.14. The molecule has 3 heterocycles. The molecule has 0 atom stereocenters. The smallest absolute Gasteiger partial charge is 0.383 e. The van der Waals surface area contributed by atoms with E-state index in [2.05, 4.69) is 39.4 Å². The van der Waals surface area contributed by atoms with Crippen LogP contribution in [0.5, 0.6) is 0 Å². The third-order valence-electron chi connectivity index (χ3n) is 7.52. The summed E-state index contributed by atoms with van der Waals surface area (Å²) in [5.74, 6) is -0.0946. The van der Waals surface area contributed by atoms with Crippen LogP contribution < -0.4 is 16.0 Å². The molecule has 5 aromatic rings. The minimum Gasteiger partial charge on any atom is -0.383 e. The fourth-order valence-electron chi connectivity index (χ4n) is 5.06. The Morgan fingerprint density at radius 2 is 1.60 bits per heavy atom. The molecule has 1 amide bonds. The van der Waals surface area contributed by atoms with Crippen LogP contribution in [0.4, 0.5) is 30.4 Å². The minimum absolute atomic E-state index is 0.120. The van der Waals surface area contributed by atoms with Gasteiger partial charge in [-0.2, -0.15) is 22.8 Å². The molecule has 3 N–H and O–H groups in total. The Morgan fingerprint density at radius 1 is 0.881 bits per heavy atom. The van der Waals surface area contributed by atoms with Crippen molar-refractivity contribution in [3.8, 4) is 22.3 Å². The fraction of sp³-hybridized carbons (Fsp3) is 0.194. The first-order chi connectivity index (χ1) is 20.2. The number of fused-ring (bicyclic) bond motifs is 1. The van der Waals surface area contributed by atoms with Gasteiger partial charge in [-0.3, -0.25) is 4.79 Å². The monoisotopic (exact) mass is 571 g/mol. The molecule has 42 heavy (non-hydrogen) atoms. The molecule has 0 bridgehead atoms. The van der Waals surface area contributed by atoms with Gasteiger partial charge in [0.25, 0.3) is 5.91 Å². The van der Waals surface area contributed by atoms with E-state index < -0.39 is 17.6 Å². The topological polar surface area (TPSA) is 91.8 Å². The Bertz CT molecular complexity index is 1740. The molecule has 1 fully saturated rings. The Hall–Kier alpha value is -4.90. The zero-order valence-electron chi connectivity index (χ0n) is 22.8. The zero-order chi connectivity index (χ0) is 29.4. The zero-order valence-corrected chi connectivity index (χ0v) is 22.8. The second-order valence-electron chi connectivity index (χ2n) is 10.3. The van der Waals surface area contributed by atoms with Crippen LogP contribution in [0.25, 0.3) is 27.9 Å². The largest absolute Gasteiger partial charge is 0.416 e. The van der Waals surface area contributed by atoms with Crippen molar-refractivity contribution < 1.29 is 18.0 Å². The Kier molecular flexibility index (Phi) is 7.03. The maximum Gasteiger partial charge on any atom is 0.416 e. The number of hydrogen-bond donors (Lipinski definition) is 2. The number of amides is 1. The molecule has 11 heteroatoms. The second-order valence-corrected chi connectivity index (χ2v) is 10.3. The molecule has 0 aliphatic carbocycles. The number of nitrogens with one attached hydrogen (secondary N) is 1. The van der Waals surface area contributed by atoms with Gasteiger partial charge in [0.05, 0.1) is 11.8 Å². The summed E-state index contributed by atoms with van der Waals surface area (Å²) in [5.41, 5.74) is 11.5. The Morgan fingerprint density at radius 3 is 2.29 bits per heavy atom. The number of aromatic nitrogens is 3. The van der Waals surface area contributed by atoms with E-state index in [0.717, 1.165) is 72.8 Å². The fourth-order valence-corrected chi connectivity index (χ4v) is 5.06. The first-order valence-corrected chi connectivity index (χ1v) is 13.4. The summed E-state index contributed by atoms with van der Waals surface area (Å²) < 4.78 is 40.0. The lowest BCUT2D eigenvalue weighted by atomic mass is 10.1. The van der Waals surface area contributed by atoms with Crippen molar-refractivity contribution in [3.05, 3.63) is 96.3 Å². The lowest BCUT2D eigenvalue weighted by Gasteiger charge is -2.34. The van der Waals surface area contributed by atoms with Crippen LogP contribution in [0.2, 0.25) is 0 Å². The molecule has 6 rings (SSSR count). The molecular weight excluding hydrogens is 543 g/mol. The molecule has 1 saturated heterocycles. The van der Waals surface area contributed by atoms with Crippen LogP contribution in [-0.4, -0.2) is 58.6 Å². The number of nitrogen functional groups attached to an aromatic ring is 1. The van der Waals surface area contributed by atoms with E-state index in [-0.39, 0.29) is 5.56 Å². The van der Waals surface area contributed by atoms with Gasteiger partial charge in [0.15, 0.2) is 5.65 Å². The van der Waals surface area contributed by atoms with E-state index in [9.17, 15) is 18.0 Å². The lowest BCUT2D eigenvalue weighted by molar-refractivity contribution is -0.137. The SMILES string of the molecule is CN1CCN(c2cccc(-c3cnn4c(N)c(-c5ccc(NC(=O)c6ccc(C(F)(F)F)cc6)cc5)cnc34)c2)CC1. The molecule has 0 unspecified atom stereocenters. The highest BCUT2D eigenvalue weighted by Crippen LogP contribution is 2.33. The Balaban J connectivity index is 1.20. The molecule has 1 aliphatic heterocycles. The summed E-state index contributed by atoms with van der Waals surface area (Å²) in [6, 6.07) is 19.4. The number of benzene rings is 3. The number of nitrogens with two attached hydrogens (primary N) is 1. The number of piperazine rings is 1. The van der Waals surface area contributed by atoms with E-state index in [1.807, 2.05) is 12.1 Å². The predicted octanol–water partition coefficient (Wildman–Crippen LogP) is 5.67. The molecule has 3 aromatic carbocycles. The highest BCUT2D eigenvalue weighted by atomic mass is 19.4. The van der Waals surface area contributed by atoms with Crippen LogP contribution in [-0.2, 0) is 6.18 Å². The van der Waals surface area contributed by atoms with Gasteiger partial charge in [-0.15, -0.1) is 0 Å². The number of nitrogens with zero attached hydrogens (tertiary/aromatic N) is 5. The van der Waals surface area contributed by atoms with E-state index in [0.29, 0.717) is 22.7 Å². The van der Waals surface area contributed by atoms with E-state index >= 15 is 0 Å². The van der Waals surface area contributed by atoms with Gasteiger partial charge >= 0.3 is 6.18 Å². The number of likely N-dealkylation sites (N-methyl/N-ethyl adjacent to an activating group) is 1. The van der Waals surface area contributed by atoms with E-state index in [1.54, 1.807) is 41.2 Å². The summed E-state index contributed by atoms with van der Waals surface area (Å²) in [5, 5.41) is 7.23. The van der Waals surface area contributed by atoms with Gasteiger partial charge in [-0.05, 0) is 66.7 Å². The van der Waals surface area contributed by atoms with Crippen LogP contribution in [0.15, 0.2) is 85.2 Å². The lowest BCUT2D eigenvalue weighted by Crippen LogP contribution is -2.44. The van der Waals surface area contributed by atoms with E-state index in [1.165, 1.54) is 0 Å². The first-order valence-electron chi connectivity index (χ1n) is 13.4.